The SMILES string of the molecule is Cc1ccc(C)c(C(=O)NC[C@H](c2ccccc2Cl)c2c[nH]c3ccccc23)c1. The summed E-state index contributed by atoms with van der Waals surface area (Å²) in [6.07, 6.45) is 2.02. The number of rotatable bonds is 5. The predicted molar refractivity (Wildman–Crippen MR) is 120 cm³/mol. The van der Waals surface area contributed by atoms with E-state index in [1.807, 2.05) is 74.6 Å². The van der Waals surface area contributed by atoms with Gasteiger partial charge in [0.25, 0.3) is 5.91 Å². The Bertz CT molecular complexity index is 1180. The standard InChI is InChI=1S/C25H23ClN2O/c1-16-11-12-17(2)20(13-16)25(29)28-15-21(18-7-3-5-9-23(18)26)22-14-27-24-10-6-4-8-19(22)24/h3-14,21,27H,15H2,1-2H3,(H,28,29)/t21-/m1/s1. The van der Waals surface area contributed by atoms with E-state index in [4.69, 9.17) is 11.6 Å². The van der Waals surface area contributed by atoms with E-state index in [1.165, 1.54) is 0 Å². The van der Waals surface area contributed by atoms with Gasteiger partial charge in [0.05, 0.1) is 0 Å². The van der Waals surface area contributed by atoms with Crippen LogP contribution in [0.2, 0.25) is 5.02 Å². The number of benzene rings is 3. The van der Waals surface area contributed by atoms with Gasteiger partial charge in [0.2, 0.25) is 0 Å². The number of halogens is 1. The third kappa shape index (κ3) is 3.92. The molecule has 0 bridgehead atoms. The van der Waals surface area contributed by atoms with Crippen LogP contribution in [-0.4, -0.2) is 17.4 Å². The Hall–Kier alpha value is -3.04. The van der Waals surface area contributed by atoms with Crippen LogP contribution < -0.4 is 5.32 Å². The highest BCUT2D eigenvalue weighted by Gasteiger charge is 2.21. The van der Waals surface area contributed by atoms with Gasteiger partial charge in [0, 0.05) is 40.1 Å². The number of hydrogen-bond donors (Lipinski definition) is 2. The molecule has 0 fully saturated rings. The molecule has 1 aromatic heterocycles. The number of hydrogen-bond acceptors (Lipinski definition) is 1. The minimum Gasteiger partial charge on any atom is -0.361 e. The molecule has 0 aliphatic rings. The maximum Gasteiger partial charge on any atom is 0.251 e. The summed E-state index contributed by atoms with van der Waals surface area (Å²) in [5.41, 5.74) is 5.94. The fraction of sp³-hybridized carbons (Fsp3) is 0.160. The van der Waals surface area contributed by atoms with Gasteiger partial charge in [-0.05, 0) is 48.7 Å². The molecule has 29 heavy (non-hydrogen) atoms. The second kappa shape index (κ2) is 8.14. The largest absolute Gasteiger partial charge is 0.361 e. The lowest BCUT2D eigenvalue weighted by molar-refractivity contribution is 0.0951. The van der Waals surface area contributed by atoms with Crippen molar-refractivity contribution in [3.8, 4) is 0 Å². The molecule has 4 aromatic rings. The monoisotopic (exact) mass is 402 g/mol. The van der Waals surface area contributed by atoms with Crippen LogP contribution in [0.25, 0.3) is 10.9 Å². The van der Waals surface area contributed by atoms with Crippen LogP contribution in [0.5, 0.6) is 0 Å². The first-order valence-electron chi connectivity index (χ1n) is 9.70. The van der Waals surface area contributed by atoms with E-state index in [0.717, 1.165) is 33.2 Å². The quantitative estimate of drug-likeness (QED) is 0.422. The van der Waals surface area contributed by atoms with Gasteiger partial charge in [-0.25, -0.2) is 0 Å². The number of para-hydroxylation sites is 1. The maximum atomic E-state index is 12.9. The molecule has 2 N–H and O–H groups in total. The van der Waals surface area contributed by atoms with E-state index in [9.17, 15) is 4.79 Å². The van der Waals surface area contributed by atoms with Gasteiger partial charge in [-0.2, -0.15) is 0 Å². The number of carbonyl (C=O) groups excluding carboxylic acids is 1. The Morgan fingerprint density at radius 1 is 1.00 bits per heavy atom. The second-order valence-electron chi connectivity index (χ2n) is 7.39. The average molecular weight is 403 g/mol. The van der Waals surface area contributed by atoms with Crippen LogP contribution in [0.1, 0.15) is 38.5 Å². The van der Waals surface area contributed by atoms with Crippen LogP contribution in [0, 0.1) is 13.8 Å². The van der Waals surface area contributed by atoms with Crippen LogP contribution in [0.3, 0.4) is 0 Å². The van der Waals surface area contributed by atoms with Gasteiger partial charge >= 0.3 is 0 Å². The number of H-pyrrole nitrogens is 1. The minimum absolute atomic E-state index is 0.0612. The molecule has 1 heterocycles. The fourth-order valence-corrected chi connectivity index (χ4v) is 4.07. The molecular formula is C25H23ClN2O. The van der Waals surface area contributed by atoms with Crippen molar-refractivity contribution in [1.82, 2.24) is 10.3 Å². The highest BCUT2D eigenvalue weighted by atomic mass is 35.5. The van der Waals surface area contributed by atoms with Crippen LogP contribution in [-0.2, 0) is 0 Å². The van der Waals surface area contributed by atoms with Gasteiger partial charge < -0.3 is 10.3 Å². The summed E-state index contributed by atoms with van der Waals surface area (Å²) in [5, 5.41) is 4.97. The molecule has 146 valence electrons. The molecule has 3 aromatic carbocycles. The highest BCUT2D eigenvalue weighted by Crippen LogP contribution is 2.34. The van der Waals surface area contributed by atoms with E-state index in [1.54, 1.807) is 0 Å². The Labute approximate surface area is 175 Å². The average Bonchev–Trinajstić information content (AvgIpc) is 3.15. The number of amides is 1. The fourth-order valence-electron chi connectivity index (χ4n) is 3.80. The molecule has 1 amide bonds. The van der Waals surface area contributed by atoms with Gasteiger partial charge in [0.15, 0.2) is 0 Å². The molecule has 4 rings (SSSR count). The molecule has 0 spiro atoms. The molecule has 0 saturated heterocycles. The lowest BCUT2D eigenvalue weighted by Crippen LogP contribution is -2.29. The molecule has 0 saturated carbocycles. The molecular weight excluding hydrogens is 380 g/mol. The third-order valence-corrected chi connectivity index (χ3v) is 5.73. The first-order valence-corrected chi connectivity index (χ1v) is 10.1. The zero-order valence-corrected chi connectivity index (χ0v) is 17.3. The van der Waals surface area contributed by atoms with Crippen LogP contribution >= 0.6 is 11.6 Å². The molecule has 0 radical (unpaired) electrons. The molecule has 3 nitrogen and oxygen atoms in total. The van der Waals surface area contributed by atoms with Crippen LogP contribution in [0.4, 0.5) is 0 Å². The summed E-state index contributed by atoms with van der Waals surface area (Å²) in [5.74, 6) is -0.128. The third-order valence-electron chi connectivity index (χ3n) is 5.38. The normalized spacial score (nSPS) is 12.1. The van der Waals surface area contributed by atoms with Crippen molar-refractivity contribution in [2.24, 2.45) is 0 Å². The number of nitrogens with one attached hydrogen (secondary N) is 2. The van der Waals surface area contributed by atoms with E-state index in [-0.39, 0.29) is 11.8 Å². The number of carbonyl (C=O) groups is 1. The number of aryl methyl sites for hydroxylation is 2. The number of aromatic amines is 1. The molecule has 0 unspecified atom stereocenters. The summed E-state index contributed by atoms with van der Waals surface area (Å²) < 4.78 is 0. The van der Waals surface area contributed by atoms with E-state index < -0.39 is 0 Å². The van der Waals surface area contributed by atoms with E-state index in [0.29, 0.717) is 17.1 Å². The zero-order chi connectivity index (χ0) is 20.4. The summed E-state index contributed by atoms with van der Waals surface area (Å²) in [6.45, 7) is 4.41. The van der Waals surface area contributed by atoms with Crippen molar-refractivity contribution in [3.63, 3.8) is 0 Å². The van der Waals surface area contributed by atoms with Crippen LogP contribution in [0.15, 0.2) is 72.9 Å². The number of aromatic nitrogens is 1. The Balaban J connectivity index is 1.69. The van der Waals surface area contributed by atoms with Crippen molar-refractivity contribution in [1.29, 1.82) is 0 Å². The lowest BCUT2D eigenvalue weighted by Gasteiger charge is -2.20. The summed E-state index contributed by atoms with van der Waals surface area (Å²) in [4.78, 5) is 16.3. The molecule has 0 aliphatic heterocycles. The van der Waals surface area contributed by atoms with Gasteiger partial charge in [-0.1, -0.05) is 65.7 Å². The van der Waals surface area contributed by atoms with E-state index >= 15 is 0 Å². The second-order valence-corrected chi connectivity index (χ2v) is 7.80. The number of fused-ring (bicyclic) bond motifs is 1. The molecule has 4 heteroatoms. The molecule has 0 aliphatic carbocycles. The first-order chi connectivity index (χ1) is 14.0. The van der Waals surface area contributed by atoms with Crippen molar-refractivity contribution in [3.05, 3.63) is 106 Å². The minimum atomic E-state index is -0.0666. The lowest BCUT2D eigenvalue weighted by atomic mass is 9.90. The van der Waals surface area contributed by atoms with Crippen molar-refractivity contribution in [2.45, 2.75) is 19.8 Å². The van der Waals surface area contributed by atoms with Crippen molar-refractivity contribution < 1.29 is 4.79 Å². The Morgan fingerprint density at radius 3 is 2.59 bits per heavy atom. The summed E-state index contributed by atoms with van der Waals surface area (Å²) >= 11 is 6.54. The first kappa shape index (κ1) is 19.3. The molecule has 1 atom stereocenters. The topological polar surface area (TPSA) is 44.9 Å². The predicted octanol–water partition coefficient (Wildman–Crippen LogP) is 6.00. The van der Waals surface area contributed by atoms with E-state index in [2.05, 4.69) is 22.4 Å². The summed E-state index contributed by atoms with van der Waals surface area (Å²) in [6, 6.07) is 21.9. The van der Waals surface area contributed by atoms with Gasteiger partial charge in [0.1, 0.15) is 0 Å². The Kier molecular flexibility index (Phi) is 5.41. The van der Waals surface area contributed by atoms with Gasteiger partial charge in [-0.15, -0.1) is 0 Å². The zero-order valence-electron chi connectivity index (χ0n) is 16.5. The maximum absolute atomic E-state index is 12.9. The Morgan fingerprint density at radius 2 is 1.76 bits per heavy atom. The van der Waals surface area contributed by atoms with Gasteiger partial charge in [-0.3, -0.25) is 4.79 Å². The summed E-state index contributed by atoms with van der Waals surface area (Å²) in [7, 11) is 0. The smallest absolute Gasteiger partial charge is 0.251 e. The highest BCUT2D eigenvalue weighted by molar-refractivity contribution is 6.31. The van der Waals surface area contributed by atoms with Crippen molar-refractivity contribution >= 4 is 28.4 Å². The van der Waals surface area contributed by atoms with Crippen molar-refractivity contribution in [2.75, 3.05) is 6.54 Å².